The number of hydroxylamine groups is 1. The zero-order valence-electron chi connectivity index (χ0n) is 7.37. The van der Waals surface area contributed by atoms with E-state index in [0.717, 1.165) is 6.42 Å². The number of hydrogen-bond acceptors (Lipinski definition) is 4. The van der Waals surface area contributed by atoms with E-state index in [1.807, 2.05) is 17.7 Å². The Balaban J connectivity index is 2.27. The zero-order valence-corrected chi connectivity index (χ0v) is 7.37. The highest BCUT2D eigenvalue weighted by molar-refractivity contribution is 5.08. The van der Waals surface area contributed by atoms with Crippen molar-refractivity contribution in [3.8, 4) is 0 Å². The van der Waals surface area contributed by atoms with Crippen molar-refractivity contribution in [1.82, 2.24) is 5.53 Å². The van der Waals surface area contributed by atoms with E-state index in [4.69, 9.17) is 4.84 Å². The summed E-state index contributed by atoms with van der Waals surface area (Å²) in [5, 5.41) is 20.2. The maximum Gasteiger partial charge on any atom is 0.170 e. The van der Waals surface area contributed by atoms with Crippen molar-refractivity contribution >= 4 is 0 Å². The number of hydrogen-bond donors (Lipinski definition) is 3. The Kier molecular flexibility index (Phi) is 3.87. The van der Waals surface area contributed by atoms with Crippen molar-refractivity contribution in [3.63, 3.8) is 0 Å². The van der Waals surface area contributed by atoms with Crippen molar-refractivity contribution in [2.45, 2.75) is 12.8 Å². The standard InChI is InChI=1S/C7H13N3O3/c1-9(11)8-10(12)13-7-5-3-2-4-6-7/h2-3,6,8-10H,4-5H2,1H3. The predicted octanol–water partition coefficient (Wildman–Crippen LogP) is -2.03. The molecule has 3 N–H and O–H groups in total. The SMILES string of the molecule is C[NH+]([O-])N[NH+]([O-])OC1=CCC=CC1. The van der Waals surface area contributed by atoms with E-state index < -0.39 is 10.5 Å². The van der Waals surface area contributed by atoms with Crippen LogP contribution in [0.4, 0.5) is 0 Å². The van der Waals surface area contributed by atoms with Gasteiger partial charge in [0.1, 0.15) is 0 Å². The molecule has 2 unspecified atom stereocenters. The van der Waals surface area contributed by atoms with Crippen LogP contribution in [0, 0.1) is 10.4 Å². The molecule has 0 aromatic rings. The van der Waals surface area contributed by atoms with E-state index in [-0.39, 0.29) is 0 Å². The fraction of sp³-hybridized carbons (Fsp3) is 0.429. The lowest BCUT2D eigenvalue weighted by Crippen LogP contribution is -3.34. The maximum atomic E-state index is 10.9. The third kappa shape index (κ3) is 4.02. The lowest BCUT2D eigenvalue weighted by atomic mass is 10.2. The van der Waals surface area contributed by atoms with Gasteiger partial charge in [-0.25, -0.2) is 5.17 Å². The fourth-order valence-corrected chi connectivity index (χ4v) is 0.950. The highest BCUT2D eigenvalue weighted by Gasteiger charge is 2.06. The molecule has 2 atom stereocenters. The Morgan fingerprint density at radius 1 is 1.46 bits per heavy atom. The van der Waals surface area contributed by atoms with Gasteiger partial charge in [0.15, 0.2) is 5.76 Å². The molecule has 0 aliphatic heterocycles. The summed E-state index contributed by atoms with van der Waals surface area (Å²) in [6, 6.07) is 0. The molecule has 6 nitrogen and oxygen atoms in total. The third-order valence-corrected chi connectivity index (χ3v) is 1.47. The molecule has 0 saturated heterocycles. The number of quaternary nitrogens is 2. The Morgan fingerprint density at radius 3 is 2.77 bits per heavy atom. The van der Waals surface area contributed by atoms with Crippen LogP contribution < -0.4 is 16.0 Å². The highest BCUT2D eigenvalue weighted by atomic mass is 16.9. The lowest BCUT2D eigenvalue weighted by Gasteiger charge is -2.25. The average Bonchev–Trinajstić information content (AvgIpc) is 2.04. The molecule has 6 heteroatoms. The molecule has 0 aromatic carbocycles. The molecule has 0 fully saturated rings. The summed E-state index contributed by atoms with van der Waals surface area (Å²) in [5.74, 6) is 0.584. The molecule has 1 rings (SSSR count). The first-order chi connectivity index (χ1) is 6.18. The van der Waals surface area contributed by atoms with Crippen LogP contribution in [-0.4, -0.2) is 7.05 Å². The van der Waals surface area contributed by atoms with Crippen molar-refractivity contribution in [3.05, 3.63) is 34.4 Å². The lowest BCUT2D eigenvalue weighted by molar-refractivity contribution is -1.20. The maximum absolute atomic E-state index is 10.9. The number of rotatable bonds is 4. The molecular formula is C7H13N3O3. The van der Waals surface area contributed by atoms with Gasteiger partial charge in [-0.3, -0.25) is 4.84 Å². The first kappa shape index (κ1) is 10.2. The Bertz CT molecular complexity index is 215. The van der Waals surface area contributed by atoms with E-state index in [1.165, 1.54) is 7.05 Å². The quantitative estimate of drug-likeness (QED) is 0.350. The summed E-state index contributed by atoms with van der Waals surface area (Å²) in [5.41, 5.74) is 2.03. The second-order valence-electron chi connectivity index (χ2n) is 2.65. The fourth-order valence-electron chi connectivity index (χ4n) is 0.950. The average molecular weight is 187 g/mol. The van der Waals surface area contributed by atoms with Gasteiger partial charge in [0, 0.05) is 12.0 Å². The molecule has 0 amide bonds. The van der Waals surface area contributed by atoms with Gasteiger partial charge in [-0.2, -0.15) is 0 Å². The van der Waals surface area contributed by atoms with Gasteiger partial charge in [-0.1, -0.05) is 17.5 Å². The molecule has 13 heavy (non-hydrogen) atoms. The first-order valence-corrected chi connectivity index (χ1v) is 4.02. The van der Waals surface area contributed by atoms with E-state index in [2.05, 4.69) is 0 Å². The van der Waals surface area contributed by atoms with Gasteiger partial charge in [-0.05, 0) is 12.5 Å². The predicted molar refractivity (Wildman–Crippen MR) is 45.3 cm³/mol. The van der Waals surface area contributed by atoms with Crippen LogP contribution in [0.2, 0.25) is 0 Å². The molecule has 0 bridgehead atoms. The Morgan fingerprint density at radius 2 is 2.23 bits per heavy atom. The minimum absolute atomic E-state index is 0.419. The summed E-state index contributed by atoms with van der Waals surface area (Å²) in [6.45, 7) is 0. The minimum atomic E-state index is -0.714. The first-order valence-electron chi connectivity index (χ1n) is 4.02. The molecule has 0 radical (unpaired) electrons. The van der Waals surface area contributed by atoms with E-state index in [9.17, 15) is 10.4 Å². The summed E-state index contributed by atoms with van der Waals surface area (Å²) in [7, 11) is 1.26. The van der Waals surface area contributed by atoms with Crippen LogP contribution in [0.25, 0.3) is 0 Å². The summed E-state index contributed by atoms with van der Waals surface area (Å²) in [6.07, 6.45) is 7.07. The van der Waals surface area contributed by atoms with Crippen LogP contribution >= 0.6 is 0 Å². The van der Waals surface area contributed by atoms with Gasteiger partial charge < -0.3 is 10.4 Å². The van der Waals surface area contributed by atoms with Gasteiger partial charge >= 0.3 is 0 Å². The van der Waals surface area contributed by atoms with Crippen LogP contribution in [-0.2, 0) is 4.84 Å². The monoisotopic (exact) mass is 187 g/mol. The molecular weight excluding hydrogens is 174 g/mol. The molecule has 74 valence electrons. The minimum Gasteiger partial charge on any atom is -0.609 e. The van der Waals surface area contributed by atoms with Crippen LogP contribution in [0.5, 0.6) is 0 Å². The van der Waals surface area contributed by atoms with Gasteiger partial charge in [-0.15, -0.1) is 0 Å². The second kappa shape index (κ2) is 4.95. The van der Waals surface area contributed by atoms with Crippen LogP contribution in [0.3, 0.4) is 0 Å². The van der Waals surface area contributed by atoms with E-state index in [0.29, 0.717) is 12.2 Å². The van der Waals surface area contributed by atoms with Crippen LogP contribution in [0.15, 0.2) is 24.0 Å². The molecule has 0 saturated carbocycles. The molecule has 1 aliphatic carbocycles. The highest BCUT2D eigenvalue weighted by Crippen LogP contribution is 2.08. The molecule has 0 spiro atoms. The van der Waals surface area contributed by atoms with Gasteiger partial charge in [0.2, 0.25) is 0 Å². The molecule has 0 heterocycles. The molecule has 0 aromatic heterocycles. The number of nitrogens with one attached hydrogen (secondary N) is 3. The van der Waals surface area contributed by atoms with Crippen molar-refractivity contribution in [1.29, 1.82) is 0 Å². The third-order valence-electron chi connectivity index (χ3n) is 1.47. The molecule has 1 aliphatic rings. The van der Waals surface area contributed by atoms with Gasteiger partial charge in [0.05, 0.1) is 7.05 Å². The Hall–Kier alpha value is -0.920. The van der Waals surface area contributed by atoms with Gasteiger partial charge in [0.25, 0.3) is 0 Å². The largest absolute Gasteiger partial charge is 0.609 e. The second-order valence-corrected chi connectivity index (χ2v) is 2.65. The van der Waals surface area contributed by atoms with Crippen molar-refractivity contribution in [2.24, 2.45) is 0 Å². The number of allylic oxidation sites excluding steroid dienone is 3. The Labute approximate surface area is 76.1 Å². The smallest absolute Gasteiger partial charge is 0.170 e. The van der Waals surface area contributed by atoms with E-state index >= 15 is 0 Å². The zero-order chi connectivity index (χ0) is 9.68. The summed E-state index contributed by atoms with van der Waals surface area (Å²) >= 11 is 0. The van der Waals surface area contributed by atoms with E-state index in [1.54, 1.807) is 6.08 Å². The summed E-state index contributed by atoms with van der Waals surface area (Å²) < 4.78 is 0. The van der Waals surface area contributed by atoms with Crippen molar-refractivity contribution < 1.29 is 15.3 Å². The summed E-state index contributed by atoms with van der Waals surface area (Å²) in [4.78, 5) is 4.84. The normalized spacial score (nSPS) is 20.7. The van der Waals surface area contributed by atoms with Crippen molar-refractivity contribution in [2.75, 3.05) is 7.05 Å². The van der Waals surface area contributed by atoms with Crippen LogP contribution in [0.1, 0.15) is 12.8 Å². The topological polar surface area (TPSA) is 76.3 Å².